The van der Waals surface area contributed by atoms with Gasteiger partial charge in [0.05, 0.1) is 7.11 Å². The molecular weight excluding hydrogens is 270 g/mol. The van der Waals surface area contributed by atoms with E-state index in [9.17, 15) is 0 Å². The van der Waals surface area contributed by atoms with Gasteiger partial charge in [0.2, 0.25) is 0 Å². The van der Waals surface area contributed by atoms with Crippen LogP contribution in [0.4, 0.5) is 0 Å². The summed E-state index contributed by atoms with van der Waals surface area (Å²) in [7, 11) is 1.60. The van der Waals surface area contributed by atoms with Crippen molar-refractivity contribution in [1.29, 1.82) is 0 Å². The first-order chi connectivity index (χ1) is 10.2. The Balaban J connectivity index is 1.68. The van der Waals surface area contributed by atoms with Crippen LogP contribution in [0, 0.1) is 0 Å². The lowest BCUT2D eigenvalue weighted by atomic mass is 10.1. The summed E-state index contributed by atoms with van der Waals surface area (Å²) < 4.78 is 16.2. The summed E-state index contributed by atoms with van der Waals surface area (Å²) in [4.78, 5) is 4.33. The Labute approximate surface area is 123 Å². The summed E-state index contributed by atoms with van der Waals surface area (Å²) in [6, 6.07) is 5.59. The third kappa shape index (κ3) is 3.16. The second-order valence-electron chi connectivity index (χ2n) is 5.31. The van der Waals surface area contributed by atoms with Crippen LogP contribution in [0.2, 0.25) is 0 Å². The van der Waals surface area contributed by atoms with Crippen LogP contribution >= 0.6 is 0 Å². The number of hydrogen-bond donors (Lipinski definition) is 1. The first-order valence-electron chi connectivity index (χ1n) is 7.06. The molecule has 1 aromatic heterocycles. The van der Waals surface area contributed by atoms with Gasteiger partial charge >= 0.3 is 0 Å². The molecule has 0 amide bonds. The van der Waals surface area contributed by atoms with Crippen LogP contribution in [0.1, 0.15) is 49.0 Å². The van der Waals surface area contributed by atoms with E-state index in [1.54, 1.807) is 7.11 Å². The number of rotatable bonds is 6. The van der Waals surface area contributed by atoms with Gasteiger partial charge in [0, 0.05) is 12.0 Å². The Morgan fingerprint density at radius 1 is 1.38 bits per heavy atom. The minimum Gasteiger partial charge on any atom is -0.493 e. The molecule has 2 N–H and O–H groups in total. The van der Waals surface area contributed by atoms with Crippen molar-refractivity contribution in [2.24, 2.45) is 5.73 Å². The molecule has 2 aromatic rings. The fourth-order valence-electron chi connectivity index (χ4n) is 2.06. The van der Waals surface area contributed by atoms with Crippen molar-refractivity contribution in [3.05, 3.63) is 35.5 Å². The molecule has 1 aliphatic carbocycles. The zero-order chi connectivity index (χ0) is 14.8. The summed E-state index contributed by atoms with van der Waals surface area (Å²) in [6.45, 7) is 2.15. The molecule has 6 nitrogen and oxygen atoms in total. The number of ether oxygens (including phenoxy) is 2. The van der Waals surface area contributed by atoms with E-state index in [1.165, 1.54) is 0 Å². The zero-order valence-electron chi connectivity index (χ0n) is 12.2. The topological polar surface area (TPSA) is 83.4 Å². The van der Waals surface area contributed by atoms with Crippen molar-refractivity contribution in [3.63, 3.8) is 0 Å². The minimum absolute atomic E-state index is 0.0509. The van der Waals surface area contributed by atoms with Crippen LogP contribution in [0.15, 0.2) is 22.7 Å². The molecule has 1 saturated carbocycles. The van der Waals surface area contributed by atoms with Crippen molar-refractivity contribution in [3.8, 4) is 11.5 Å². The number of benzene rings is 1. The Morgan fingerprint density at radius 2 is 2.19 bits per heavy atom. The maximum atomic E-state index is 5.86. The molecule has 21 heavy (non-hydrogen) atoms. The Hall–Kier alpha value is -2.08. The molecular formula is C15H19N3O3. The van der Waals surface area contributed by atoms with E-state index in [2.05, 4.69) is 10.1 Å². The Morgan fingerprint density at radius 3 is 2.86 bits per heavy atom. The second-order valence-corrected chi connectivity index (χ2v) is 5.31. The minimum atomic E-state index is -0.0509. The van der Waals surface area contributed by atoms with Crippen molar-refractivity contribution in [2.75, 3.05) is 7.11 Å². The van der Waals surface area contributed by atoms with E-state index in [0.29, 0.717) is 23.3 Å². The summed E-state index contributed by atoms with van der Waals surface area (Å²) in [6.07, 6.45) is 2.29. The number of aromatic nitrogens is 2. The molecule has 3 rings (SSSR count). The normalized spacial score (nSPS) is 15.8. The van der Waals surface area contributed by atoms with Gasteiger partial charge in [-0.15, -0.1) is 0 Å². The summed E-state index contributed by atoms with van der Waals surface area (Å²) >= 11 is 0. The molecule has 1 fully saturated rings. The lowest BCUT2D eigenvalue weighted by Gasteiger charge is -2.12. The highest BCUT2D eigenvalue weighted by Crippen LogP contribution is 2.38. The lowest BCUT2D eigenvalue weighted by molar-refractivity contribution is 0.233. The highest BCUT2D eigenvalue weighted by molar-refractivity contribution is 5.43. The van der Waals surface area contributed by atoms with E-state index in [-0.39, 0.29) is 12.6 Å². The SMILES string of the molecule is COc1cc(C(C)N)ccc1OCc1nc(C2CC2)no1. The number of methoxy groups -OCH3 is 1. The van der Waals surface area contributed by atoms with Gasteiger partial charge < -0.3 is 19.7 Å². The van der Waals surface area contributed by atoms with Crippen molar-refractivity contribution in [1.82, 2.24) is 10.1 Å². The van der Waals surface area contributed by atoms with Gasteiger partial charge in [0.15, 0.2) is 23.9 Å². The van der Waals surface area contributed by atoms with Crippen LogP contribution in [0.5, 0.6) is 11.5 Å². The van der Waals surface area contributed by atoms with Gasteiger partial charge in [-0.05, 0) is 37.5 Å². The fourth-order valence-corrected chi connectivity index (χ4v) is 2.06. The van der Waals surface area contributed by atoms with Crippen LogP contribution < -0.4 is 15.2 Å². The highest BCUT2D eigenvalue weighted by atomic mass is 16.5. The molecule has 112 valence electrons. The van der Waals surface area contributed by atoms with Crippen molar-refractivity contribution < 1.29 is 14.0 Å². The Bertz CT molecular complexity index is 620. The van der Waals surface area contributed by atoms with E-state index in [4.69, 9.17) is 19.7 Å². The maximum absolute atomic E-state index is 5.86. The number of nitrogens with zero attached hydrogens (tertiary/aromatic N) is 2. The summed E-state index contributed by atoms with van der Waals surface area (Å²) in [5.41, 5.74) is 6.85. The van der Waals surface area contributed by atoms with Crippen LogP contribution in [0.3, 0.4) is 0 Å². The molecule has 6 heteroatoms. The van der Waals surface area contributed by atoms with Gasteiger partial charge in [-0.3, -0.25) is 0 Å². The molecule has 1 atom stereocenters. The molecule has 1 unspecified atom stereocenters. The first-order valence-corrected chi connectivity index (χ1v) is 7.06. The van der Waals surface area contributed by atoms with Gasteiger partial charge in [0.25, 0.3) is 5.89 Å². The third-order valence-corrected chi connectivity index (χ3v) is 3.49. The predicted octanol–water partition coefficient (Wildman–Crippen LogP) is 2.55. The van der Waals surface area contributed by atoms with E-state index < -0.39 is 0 Å². The molecule has 0 spiro atoms. The fraction of sp³-hybridized carbons (Fsp3) is 0.467. The predicted molar refractivity (Wildman–Crippen MR) is 76.2 cm³/mol. The molecule has 1 aromatic carbocycles. The average molecular weight is 289 g/mol. The molecule has 0 saturated heterocycles. The summed E-state index contributed by atoms with van der Waals surface area (Å²) in [5.74, 6) is 3.02. The van der Waals surface area contributed by atoms with Crippen molar-refractivity contribution >= 4 is 0 Å². The standard InChI is InChI=1S/C15H19N3O3/c1-9(16)11-5-6-12(13(7-11)19-2)20-8-14-17-15(18-21-14)10-3-4-10/h5-7,9-10H,3-4,8,16H2,1-2H3. The molecule has 0 bridgehead atoms. The summed E-state index contributed by atoms with van der Waals surface area (Å²) in [5, 5.41) is 3.96. The molecule has 1 aliphatic rings. The van der Waals surface area contributed by atoms with Gasteiger partial charge in [-0.2, -0.15) is 4.98 Å². The van der Waals surface area contributed by atoms with E-state index in [1.807, 2.05) is 25.1 Å². The van der Waals surface area contributed by atoms with Crippen molar-refractivity contribution in [2.45, 2.75) is 38.3 Å². The third-order valence-electron chi connectivity index (χ3n) is 3.49. The second kappa shape index (κ2) is 5.73. The average Bonchev–Trinajstić information content (AvgIpc) is 3.24. The largest absolute Gasteiger partial charge is 0.493 e. The molecule has 0 radical (unpaired) electrons. The molecule has 0 aliphatic heterocycles. The van der Waals surface area contributed by atoms with Gasteiger partial charge in [-0.25, -0.2) is 0 Å². The van der Waals surface area contributed by atoms with E-state index >= 15 is 0 Å². The quantitative estimate of drug-likeness (QED) is 0.880. The van der Waals surface area contributed by atoms with Crippen LogP contribution in [-0.2, 0) is 6.61 Å². The Kier molecular flexibility index (Phi) is 3.79. The van der Waals surface area contributed by atoms with Crippen LogP contribution in [-0.4, -0.2) is 17.3 Å². The lowest BCUT2D eigenvalue weighted by Crippen LogP contribution is -2.06. The monoisotopic (exact) mass is 289 g/mol. The highest BCUT2D eigenvalue weighted by Gasteiger charge is 2.28. The van der Waals surface area contributed by atoms with E-state index in [0.717, 1.165) is 24.2 Å². The van der Waals surface area contributed by atoms with Gasteiger partial charge in [-0.1, -0.05) is 11.2 Å². The smallest absolute Gasteiger partial charge is 0.264 e. The van der Waals surface area contributed by atoms with Gasteiger partial charge in [0.1, 0.15) is 0 Å². The zero-order valence-corrected chi connectivity index (χ0v) is 12.2. The number of nitrogens with two attached hydrogens (primary N) is 1. The molecule has 1 heterocycles. The first kappa shape index (κ1) is 13.9. The number of hydrogen-bond acceptors (Lipinski definition) is 6. The maximum Gasteiger partial charge on any atom is 0.264 e. The van der Waals surface area contributed by atoms with Crippen LogP contribution in [0.25, 0.3) is 0 Å².